The fourth-order valence-electron chi connectivity index (χ4n) is 4.69. The van der Waals surface area contributed by atoms with Gasteiger partial charge in [0.15, 0.2) is 0 Å². The molecule has 0 amide bonds. The van der Waals surface area contributed by atoms with Gasteiger partial charge in [-0.05, 0) is 67.0 Å². The van der Waals surface area contributed by atoms with E-state index in [2.05, 4.69) is 4.90 Å². The highest BCUT2D eigenvalue weighted by atomic mass is 19.4. The largest absolute Gasteiger partial charge is 0.478 e. The van der Waals surface area contributed by atoms with Gasteiger partial charge in [0, 0.05) is 24.7 Å². The number of nitrogens with zero attached hydrogens (tertiary/aromatic N) is 1. The summed E-state index contributed by atoms with van der Waals surface area (Å²) in [6.45, 7) is 4.51. The van der Waals surface area contributed by atoms with Crippen molar-refractivity contribution < 1.29 is 36.2 Å². The van der Waals surface area contributed by atoms with Crippen LogP contribution < -0.4 is 0 Å². The number of carboxylic acids is 1. The molecule has 196 valence electrons. The van der Waals surface area contributed by atoms with Crippen molar-refractivity contribution in [1.82, 2.24) is 4.90 Å². The van der Waals surface area contributed by atoms with Gasteiger partial charge in [-0.2, -0.15) is 26.3 Å². The van der Waals surface area contributed by atoms with Crippen molar-refractivity contribution in [2.45, 2.75) is 64.0 Å². The van der Waals surface area contributed by atoms with E-state index in [1.165, 1.54) is 24.3 Å². The highest BCUT2D eigenvalue weighted by Gasteiger charge is 2.35. The van der Waals surface area contributed by atoms with Crippen molar-refractivity contribution >= 4 is 5.97 Å². The van der Waals surface area contributed by atoms with Crippen LogP contribution in [0.5, 0.6) is 0 Å². The smallest absolute Gasteiger partial charge is 0.416 e. The third-order valence-corrected chi connectivity index (χ3v) is 6.54. The molecule has 3 nitrogen and oxygen atoms in total. The van der Waals surface area contributed by atoms with Crippen LogP contribution in [0, 0.1) is 5.92 Å². The van der Waals surface area contributed by atoms with Gasteiger partial charge in [0.1, 0.15) is 0 Å². The van der Waals surface area contributed by atoms with Gasteiger partial charge >= 0.3 is 18.3 Å². The summed E-state index contributed by atoms with van der Waals surface area (Å²) in [7, 11) is 0. The zero-order valence-electron chi connectivity index (χ0n) is 20.0. The minimum atomic E-state index is -4.49. The van der Waals surface area contributed by atoms with E-state index in [1.54, 1.807) is 0 Å². The lowest BCUT2D eigenvalue weighted by Crippen LogP contribution is -2.38. The van der Waals surface area contributed by atoms with Crippen molar-refractivity contribution in [2.24, 2.45) is 5.92 Å². The third-order valence-electron chi connectivity index (χ3n) is 6.54. The van der Waals surface area contributed by atoms with Crippen LogP contribution >= 0.6 is 0 Å². The topological polar surface area (TPSA) is 40.5 Å². The number of likely N-dealkylation sites (tertiary alicyclic amines) is 1. The molecule has 0 unspecified atom stereocenters. The molecule has 0 aromatic heterocycles. The van der Waals surface area contributed by atoms with E-state index in [-0.39, 0.29) is 6.04 Å². The zero-order chi connectivity index (χ0) is 26.7. The normalized spacial score (nSPS) is 19.6. The fourth-order valence-corrected chi connectivity index (χ4v) is 4.69. The number of hydrogen-bond acceptors (Lipinski definition) is 2. The molecule has 0 spiro atoms. The van der Waals surface area contributed by atoms with Crippen LogP contribution in [-0.4, -0.2) is 22.5 Å². The third kappa shape index (κ3) is 7.12. The van der Waals surface area contributed by atoms with Gasteiger partial charge in [0.05, 0.1) is 11.1 Å². The molecule has 2 aromatic rings. The van der Waals surface area contributed by atoms with E-state index < -0.39 is 35.5 Å². The molecule has 9 heteroatoms. The quantitative estimate of drug-likeness (QED) is 0.301. The number of aliphatic carboxylic acids is 1. The molecule has 1 aliphatic heterocycles. The molecule has 1 heterocycles. The highest BCUT2D eigenvalue weighted by molar-refractivity contribution is 5.80. The number of benzene rings is 2. The van der Waals surface area contributed by atoms with Gasteiger partial charge in [0.25, 0.3) is 0 Å². The molecule has 1 fully saturated rings. The molecule has 2 aromatic carbocycles. The van der Waals surface area contributed by atoms with Crippen molar-refractivity contribution in [2.75, 3.05) is 6.54 Å². The summed E-state index contributed by atoms with van der Waals surface area (Å²) >= 11 is 0. The molecular formula is C27H29F6NO2. The van der Waals surface area contributed by atoms with Crippen LogP contribution in [0.15, 0.2) is 60.2 Å². The van der Waals surface area contributed by atoms with E-state index in [4.69, 9.17) is 0 Å². The number of carbonyl (C=O) groups is 1. The van der Waals surface area contributed by atoms with Crippen molar-refractivity contribution in [1.29, 1.82) is 0 Å². The zero-order valence-corrected chi connectivity index (χ0v) is 20.0. The Kier molecular flexibility index (Phi) is 8.54. The lowest BCUT2D eigenvalue weighted by molar-refractivity contribution is -0.138. The second-order valence-corrected chi connectivity index (χ2v) is 9.58. The molecule has 1 N–H and O–H groups in total. The Balaban J connectivity index is 2.02. The number of hydrogen-bond donors (Lipinski definition) is 1. The summed E-state index contributed by atoms with van der Waals surface area (Å²) in [6, 6.07) is 9.11. The number of rotatable bonds is 7. The van der Waals surface area contributed by atoms with Gasteiger partial charge in [-0.3, -0.25) is 4.90 Å². The van der Waals surface area contributed by atoms with Crippen LogP contribution in [0.3, 0.4) is 0 Å². The van der Waals surface area contributed by atoms with Gasteiger partial charge in [-0.25, -0.2) is 4.79 Å². The average molecular weight is 514 g/mol. The standard InChI is InChI=1S/C27H29F6NO2/c1-17(2)3-12-23(19-4-8-21(9-5-19)26(28,29)30)34-14-13-18(16-25(35)36)15-24(34)20-6-10-22(11-7-20)27(31,32)33/h4-11,16-17,23-24H,3,12-15H2,1-2H3,(H,35,36)/t23-,24+/m1/s1. The molecular weight excluding hydrogens is 484 g/mol. The van der Waals surface area contributed by atoms with Gasteiger partial charge in [-0.15, -0.1) is 0 Å². The molecule has 1 saturated heterocycles. The maximum atomic E-state index is 13.1. The van der Waals surface area contributed by atoms with Crippen LogP contribution in [0.4, 0.5) is 26.3 Å². The number of halogens is 6. The lowest BCUT2D eigenvalue weighted by Gasteiger charge is -2.43. The van der Waals surface area contributed by atoms with Crippen LogP contribution in [0.2, 0.25) is 0 Å². The first kappa shape index (κ1) is 27.8. The number of alkyl halides is 6. The van der Waals surface area contributed by atoms with Gasteiger partial charge in [0.2, 0.25) is 0 Å². The van der Waals surface area contributed by atoms with Crippen LogP contribution in [0.1, 0.15) is 73.9 Å². The van der Waals surface area contributed by atoms with Crippen molar-refractivity contribution in [3.05, 3.63) is 82.4 Å². The predicted octanol–water partition coefficient (Wildman–Crippen LogP) is 8.05. The van der Waals surface area contributed by atoms with E-state index in [0.29, 0.717) is 48.4 Å². The second-order valence-electron chi connectivity index (χ2n) is 9.58. The molecule has 3 rings (SSSR count). The SMILES string of the molecule is CC(C)CC[C@H](c1ccc(C(F)(F)F)cc1)N1CCC(=CC(=O)O)C[C@H]1c1ccc(C(F)(F)F)cc1. The Labute approximate surface area is 206 Å². The first-order valence-electron chi connectivity index (χ1n) is 11.8. The lowest BCUT2D eigenvalue weighted by atomic mass is 9.86. The molecule has 1 aliphatic rings. The number of piperidine rings is 1. The maximum absolute atomic E-state index is 13.1. The first-order valence-corrected chi connectivity index (χ1v) is 11.8. The molecule has 0 aliphatic carbocycles. The molecule has 0 saturated carbocycles. The van der Waals surface area contributed by atoms with E-state index in [1.807, 2.05) is 13.8 Å². The van der Waals surface area contributed by atoms with Crippen LogP contribution in [0.25, 0.3) is 0 Å². The van der Waals surface area contributed by atoms with E-state index in [9.17, 15) is 36.2 Å². The predicted molar refractivity (Wildman–Crippen MR) is 124 cm³/mol. The minimum absolute atomic E-state index is 0.284. The Morgan fingerprint density at radius 3 is 1.94 bits per heavy atom. The van der Waals surface area contributed by atoms with Gasteiger partial charge < -0.3 is 5.11 Å². The molecule has 0 bridgehead atoms. The fraction of sp³-hybridized carbons (Fsp3) is 0.444. The highest BCUT2D eigenvalue weighted by Crippen LogP contribution is 2.43. The molecule has 2 atom stereocenters. The van der Waals surface area contributed by atoms with E-state index in [0.717, 1.165) is 36.8 Å². The van der Waals surface area contributed by atoms with Crippen molar-refractivity contribution in [3.8, 4) is 0 Å². The molecule has 36 heavy (non-hydrogen) atoms. The summed E-state index contributed by atoms with van der Waals surface area (Å²) in [5, 5.41) is 9.23. The van der Waals surface area contributed by atoms with Crippen LogP contribution in [-0.2, 0) is 17.1 Å². The monoisotopic (exact) mass is 513 g/mol. The Morgan fingerprint density at radius 2 is 1.47 bits per heavy atom. The summed E-state index contributed by atoms with van der Waals surface area (Å²) in [5.74, 6) is -0.762. The average Bonchev–Trinajstić information content (AvgIpc) is 2.78. The summed E-state index contributed by atoms with van der Waals surface area (Å²) in [6.07, 6.45) is -5.64. The van der Waals surface area contributed by atoms with E-state index >= 15 is 0 Å². The molecule has 0 radical (unpaired) electrons. The summed E-state index contributed by atoms with van der Waals surface area (Å²) in [5.41, 5.74) is 0.415. The Morgan fingerprint density at radius 1 is 0.944 bits per heavy atom. The summed E-state index contributed by atoms with van der Waals surface area (Å²) < 4.78 is 78.8. The minimum Gasteiger partial charge on any atom is -0.478 e. The second kappa shape index (κ2) is 11.1. The van der Waals surface area contributed by atoms with Crippen molar-refractivity contribution in [3.63, 3.8) is 0 Å². The first-order chi connectivity index (χ1) is 16.8. The number of carboxylic acid groups (broad SMARTS) is 1. The Bertz CT molecular complexity index is 1060. The summed E-state index contributed by atoms with van der Waals surface area (Å²) in [4.78, 5) is 13.4. The maximum Gasteiger partial charge on any atom is 0.416 e. The van der Waals surface area contributed by atoms with Gasteiger partial charge in [-0.1, -0.05) is 43.7 Å². The Hall–Kier alpha value is -2.81.